The highest BCUT2D eigenvalue weighted by Gasteiger charge is 2.22. The van der Waals surface area contributed by atoms with Gasteiger partial charge in [-0.15, -0.1) is 0 Å². The molecule has 0 aromatic heterocycles. The van der Waals surface area contributed by atoms with E-state index in [-0.39, 0.29) is 29.5 Å². The van der Waals surface area contributed by atoms with Crippen molar-refractivity contribution in [2.24, 2.45) is 0 Å². The molecule has 148 valence electrons. The quantitative estimate of drug-likeness (QED) is 0.643. The molecule has 28 heavy (non-hydrogen) atoms. The van der Waals surface area contributed by atoms with Crippen LogP contribution in [0.4, 0.5) is 5.69 Å². The zero-order valence-corrected chi connectivity index (χ0v) is 15.8. The minimum atomic E-state index is -3.73. The van der Waals surface area contributed by atoms with Crippen LogP contribution >= 0.6 is 0 Å². The number of anilines is 1. The first kappa shape index (κ1) is 19.8. The molecule has 0 radical (unpaired) electrons. The molecular weight excluding hydrogens is 384 g/mol. The van der Waals surface area contributed by atoms with Gasteiger partial charge in [0.15, 0.2) is 0 Å². The number of sulfonamides is 1. The maximum atomic E-state index is 12.4. The Hall–Kier alpha value is -2.91. The molecule has 3 rings (SSSR count). The summed E-state index contributed by atoms with van der Waals surface area (Å²) in [6, 6.07) is 11.9. The number of benzene rings is 2. The number of nitrogens with zero attached hydrogens (tertiary/aromatic N) is 1. The lowest BCUT2D eigenvalue weighted by molar-refractivity contribution is -0.255. The van der Waals surface area contributed by atoms with Gasteiger partial charge in [0.25, 0.3) is 0 Å². The third-order valence-electron chi connectivity index (χ3n) is 4.26. The topological polar surface area (TPSA) is 116 Å². The molecule has 0 atom stereocenters. The lowest BCUT2D eigenvalue weighted by atomic mass is 10.2. The van der Waals surface area contributed by atoms with Gasteiger partial charge in [-0.2, -0.15) is 0 Å². The largest absolute Gasteiger partial charge is 0.545 e. The van der Waals surface area contributed by atoms with Gasteiger partial charge < -0.3 is 19.5 Å². The zero-order chi connectivity index (χ0) is 20.1. The van der Waals surface area contributed by atoms with Crippen LogP contribution in [-0.4, -0.2) is 40.0 Å². The smallest absolute Gasteiger partial charge is 0.240 e. The van der Waals surface area contributed by atoms with Crippen molar-refractivity contribution in [3.05, 3.63) is 54.1 Å². The number of aromatic carboxylic acids is 1. The first-order chi connectivity index (χ1) is 13.4. The third-order valence-corrected chi connectivity index (χ3v) is 5.74. The van der Waals surface area contributed by atoms with E-state index in [4.69, 9.17) is 4.74 Å². The van der Waals surface area contributed by atoms with Crippen molar-refractivity contribution < 1.29 is 27.9 Å². The predicted molar refractivity (Wildman–Crippen MR) is 99.5 cm³/mol. The summed E-state index contributed by atoms with van der Waals surface area (Å²) in [4.78, 5) is 24.3. The summed E-state index contributed by atoms with van der Waals surface area (Å²) in [5.41, 5.74) is 0.659. The number of carbonyl (C=O) groups excluding carboxylic acids is 2. The van der Waals surface area contributed by atoms with Crippen molar-refractivity contribution in [1.82, 2.24) is 4.72 Å². The Morgan fingerprint density at radius 1 is 1.18 bits per heavy atom. The number of carboxylic acids is 1. The molecule has 1 saturated heterocycles. The summed E-state index contributed by atoms with van der Waals surface area (Å²) in [6.07, 6.45) is 1.31. The van der Waals surface area contributed by atoms with Crippen molar-refractivity contribution >= 4 is 27.6 Å². The number of carboxylic acid groups (broad SMARTS) is 1. The lowest BCUT2D eigenvalue weighted by Gasteiger charge is -2.16. The number of amides is 1. The second-order valence-corrected chi connectivity index (χ2v) is 7.97. The van der Waals surface area contributed by atoms with Gasteiger partial charge >= 0.3 is 0 Å². The molecule has 9 heteroatoms. The molecule has 0 saturated carbocycles. The van der Waals surface area contributed by atoms with Crippen LogP contribution in [0.25, 0.3) is 0 Å². The number of carbonyl (C=O) groups is 2. The summed E-state index contributed by atoms with van der Waals surface area (Å²) in [6.45, 7) is 0.667. The van der Waals surface area contributed by atoms with E-state index in [0.29, 0.717) is 24.4 Å². The molecule has 2 aromatic carbocycles. The molecule has 0 bridgehead atoms. The number of hydrogen-bond acceptors (Lipinski definition) is 6. The molecule has 1 N–H and O–H groups in total. The molecule has 0 spiro atoms. The van der Waals surface area contributed by atoms with E-state index < -0.39 is 16.0 Å². The summed E-state index contributed by atoms with van der Waals surface area (Å²) < 4.78 is 32.5. The minimum Gasteiger partial charge on any atom is -0.545 e. The second kappa shape index (κ2) is 8.41. The summed E-state index contributed by atoms with van der Waals surface area (Å²) in [5.74, 6) is -0.973. The molecule has 1 fully saturated rings. The monoisotopic (exact) mass is 403 g/mol. The van der Waals surface area contributed by atoms with Crippen LogP contribution in [0.15, 0.2) is 53.4 Å². The Labute approximate surface area is 162 Å². The Bertz CT molecular complexity index is 972. The predicted octanol–water partition coefficient (Wildman–Crippen LogP) is 0.534. The van der Waals surface area contributed by atoms with Gasteiger partial charge in [0.1, 0.15) is 12.4 Å². The van der Waals surface area contributed by atoms with Crippen LogP contribution in [0.3, 0.4) is 0 Å². The number of nitrogens with one attached hydrogen (secondary N) is 1. The summed E-state index contributed by atoms with van der Waals surface area (Å²) in [7, 11) is -3.73. The molecule has 1 aliphatic heterocycles. The number of rotatable bonds is 8. The SMILES string of the molecule is O=C([O-])c1cccc(OCCNS(=O)(=O)c2ccc(N3CCCC3=O)cc2)c1. The lowest BCUT2D eigenvalue weighted by Crippen LogP contribution is -2.28. The fraction of sp³-hybridized carbons (Fsp3) is 0.263. The van der Waals surface area contributed by atoms with Crippen LogP contribution < -0.4 is 19.5 Å². The molecule has 2 aromatic rings. The molecule has 0 aliphatic carbocycles. The highest BCUT2D eigenvalue weighted by atomic mass is 32.2. The van der Waals surface area contributed by atoms with Gasteiger partial charge in [0.2, 0.25) is 15.9 Å². The highest BCUT2D eigenvalue weighted by molar-refractivity contribution is 7.89. The van der Waals surface area contributed by atoms with E-state index in [2.05, 4.69) is 4.72 Å². The second-order valence-electron chi connectivity index (χ2n) is 6.20. The zero-order valence-electron chi connectivity index (χ0n) is 15.0. The Morgan fingerprint density at radius 2 is 1.93 bits per heavy atom. The summed E-state index contributed by atoms with van der Waals surface area (Å²) in [5, 5.41) is 10.8. The first-order valence-electron chi connectivity index (χ1n) is 8.71. The van der Waals surface area contributed by atoms with Crippen LogP contribution in [0, 0.1) is 0 Å². The molecule has 1 aliphatic rings. The average molecular weight is 403 g/mol. The van der Waals surface area contributed by atoms with Crippen molar-refractivity contribution in [2.75, 3.05) is 24.6 Å². The van der Waals surface area contributed by atoms with Gasteiger partial charge in [-0.25, -0.2) is 13.1 Å². The van der Waals surface area contributed by atoms with E-state index in [1.165, 1.54) is 30.3 Å². The summed E-state index contributed by atoms with van der Waals surface area (Å²) >= 11 is 0. The Balaban J connectivity index is 1.54. The van der Waals surface area contributed by atoms with Crippen LogP contribution in [0.2, 0.25) is 0 Å². The maximum Gasteiger partial charge on any atom is 0.240 e. The van der Waals surface area contributed by atoms with E-state index >= 15 is 0 Å². The third kappa shape index (κ3) is 4.68. The minimum absolute atomic E-state index is 0.00421. The maximum absolute atomic E-state index is 12.4. The van der Waals surface area contributed by atoms with Gasteiger partial charge in [0.05, 0.1) is 10.9 Å². The highest BCUT2D eigenvalue weighted by Crippen LogP contribution is 2.22. The van der Waals surface area contributed by atoms with E-state index in [0.717, 1.165) is 6.42 Å². The van der Waals surface area contributed by atoms with Crippen LogP contribution in [0.1, 0.15) is 23.2 Å². The van der Waals surface area contributed by atoms with Crippen molar-refractivity contribution in [3.8, 4) is 5.75 Å². The molecule has 1 amide bonds. The Kier molecular flexibility index (Phi) is 5.96. The number of hydrogen-bond donors (Lipinski definition) is 1. The van der Waals surface area contributed by atoms with Crippen molar-refractivity contribution in [1.29, 1.82) is 0 Å². The molecule has 0 unspecified atom stereocenters. The first-order valence-corrected chi connectivity index (χ1v) is 10.2. The van der Waals surface area contributed by atoms with E-state index in [9.17, 15) is 23.1 Å². The van der Waals surface area contributed by atoms with E-state index in [1.807, 2.05) is 0 Å². The molecular formula is C19H19N2O6S-. The molecule has 8 nitrogen and oxygen atoms in total. The van der Waals surface area contributed by atoms with Gasteiger partial charge in [-0.05, 0) is 42.8 Å². The normalized spacial score (nSPS) is 14.3. The fourth-order valence-corrected chi connectivity index (χ4v) is 3.88. The van der Waals surface area contributed by atoms with Crippen molar-refractivity contribution in [2.45, 2.75) is 17.7 Å². The van der Waals surface area contributed by atoms with Crippen molar-refractivity contribution in [3.63, 3.8) is 0 Å². The van der Waals surface area contributed by atoms with Gasteiger partial charge in [-0.3, -0.25) is 4.79 Å². The Morgan fingerprint density at radius 3 is 2.57 bits per heavy atom. The fourth-order valence-electron chi connectivity index (χ4n) is 2.87. The number of ether oxygens (including phenoxy) is 1. The van der Waals surface area contributed by atoms with Crippen LogP contribution in [-0.2, 0) is 14.8 Å². The van der Waals surface area contributed by atoms with E-state index in [1.54, 1.807) is 23.1 Å². The van der Waals surface area contributed by atoms with Gasteiger partial charge in [0, 0.05) is 30.8 Å². The van der Waals surface area contributed by atoms with Crippen LogP contribution in [0.5, 0.6) is 5.75 Å². The van der Waals surface area contributed by atoms with Gasteiger partial charge in [-0.1, -0.05) is 12.1 Å². The average Bonchev–Trinajstić information content (AvgIpc) is 3.11. The molecule has 1 heterocycles. The standard InChI is InChI=1S/C19H20N2O6S/c22-18-5-2-11-21(18)15-6-8-17(9-7-15)28(25,26)20-10-12-27-16-4-1-3-14(13-16)19(23)24/h1,3-4,6-9,13,20H,2,5,10-12H2,(H,23,24)/p-1.